The summed E-state index contributed by atoms with van der Waals surface area (Å²) in [6, 6.07) is 7.22. The van der Waals surface area contributed by atoms with E-state index in [4.69, 9.17) is 5.11 Å². The Kier molecular flexibility index (Phi) is 2.45. The van der Waals surface area contributed by atoms with Crippen molar-refractivity contribution in [3.05, 3.63) is 42.5 Å². The molecule has 0 saturated heterocycles. The van der Waals surface area contributed by atoms with Crippen LogP contribution in [0, 0.1) is 0 Å². The molecule has 1 aromatic carbocycles. The molecule has 0 spiro atoms. The summed E-state index contributed by atoms with van der Waals surface area (Å²) >= 11 is 0. The van der Waals surface area contributed by atoms with Crippen LogP contribution in [0.1, 0.15) is 5.56 Å². The van der Waals surface area contributed by atoms with Crippen LogP contribution in [0.2, 0.25) is 0 Å². The summed E-state index contributed by atoms with van der Waals surface area (Å²) in [4.78, 5) is 14.5. The molecule has 0 aliphatic heterocycles. The Bertz CT molecular complexity index is 465. The maximum atomic E-state index is 10.6. The number of aliphatic carboxylic acids is 1. The van der Waals surface area contributed by atoms with Crippen LogP contribution in [0.3, 0.4) is 0 Å². The van der Waals surface area contributed by atoms with Crippen molar-refractivity contribution in [2.75, 3.05) is 0 Å². The highest BCUT2D eigenvalue weighted by Gasteiger charge is 2.07. The first kappa shape index (κ1) is 9.39. The lowest BCUT2D eigenvalue weighted by Crippen LogP contribution is -2.05. The molecule has 0 aliphatic carbocycles. The van der Waals surface area contributed by atoms with Crippen LogP contribution in [-0.4, -0.2) is 25.8 Å². The average molecular weight is 203 g/mol. The molecule has 76 valence electrons. The minimum absolute atomic E-state index is 0.0178. The van der Waals surface area contributed by atoms with Crippen LogP contribution in [0.5, 0.6) is 0 Å². The van der Waals surface area contributed by atoms with Gasteiger partial charge in [-0.05, 0) is 11.6 Å². The summed E-state index contributed by atoms with van der Waals surface area (Å²) in [5.74, 6) is -0.859. The first-order valence-electron chi connectivity index (χ1n) is 4.42. The van der Waals surface area contributed by atoms with Gasteiger partial charge in [0.2, 0.25) is 0 Å². The zero-order valence-electron chi connectivity index (χ0n) is 7.87. The first-order chi connectivity index (χ1) is 7.27. The summed E-state index contributed by atoms with van der Waals surface area (Å²) in [5.41, 5.74) is 1.47. The third kappa shape index (κ3) is 2.01. The fourth-order valence-electron chi connectivity index (χ4n) is 1.38. The molecular formula is C10H9N3O2. The van der Waals surface area contributed by atoms with Crippen molar-refractivity contribution in [2.24, 2.45) is 0 Å². The quantitative estimate of drug-likeness (QED) is 0.804. The molecule has 1 aromatic heterocycles. The first-order valence-corrected chi connectivity index (χ1v) is 4.42. The lowest BCUT2D eigenvalue weighted by molar-refractivity contribution is -0.136. The van der Waals surface area contributed by atoms with Crippen LogP contribution in [0.4, 0.5) is 0 Å². The molecular weight excluding hydrogens is 194 g/mol. The van der Waals surface area contributed by atoms with Crippen LogP contribution in [0.25, 0.3) is 5.69 Å². The highest BCUT2D eigenvalue weighted by Crippen LogP contribution is 2.13. The lowest BCUT2D eigenvalue weighted by Gasteiger charge is -2.05. The Morgan fingerprint density at radius 3 is 2.87 bits per heavy atom. The molecule has 0 amide bonds. The van der Waals surface area contributed by atoms with Gasteiger partial charge in [0.05, 0.1) is 12.1 Å². The molecule has 2 rings (SSSR count). The molecule has 0 fully saturated rings. The molecule has 5 heteroatoms. The van der Waals surface area contributed by atoms with Gasteiger partial charge in [0, 0.05) is 0 Å². The van der Waals surface area contributed by atoms with Gasteiger partial charge in [-0.15, -0.1) is 0 Å². The van der Waals surface area contributed by atoms with E-state index >= 15 is 0 Å². The second-order valence-corrected chi connectivity index (χ2v) is 3.04. The highest BCUT2D eigenvalue weighted by atomic mass is 16.4. The van der Waals surface area contributed by atoms with Crippen LogP contribution in [-0.2, 0) is 11.2 Å². The maximum Gasteiger partial charge on any atom is 0.307 e. The van der Waals surface area contributed by atoms with Gasteiger partial charge < -0.3 is 5.11 Å². The van der Waals surface area contributed by atoms with Crippen molar-refractivity contribution < 1.29 is 9.90 Å². The van der Waals surface area contributed by atoms with Crippen LogP contribution >= 0.6 is 0 Å². The lowest BCUT2D eigenvalue weighted by atomic mass is 10.1. The molecule has 0 saturated carbocycles. The van der Waals surface area contributed by atoms with Gasteiger partial charge in [0.15, 0.2) is 0 Å². The number of hydrogen-bond donors (Lipinski definition) is 1. The molecule has 1 N–H and O–H groups in total. The minimum atomic E-state index is -0.859. The Morgan fingerprint density at radius 2 is 2.20 bits per heavy atom. The monoisotopic (exact) mass is 203 g/mol. The van der Waals surface area contributed by atoms with E-state index in [-0.39, 0.29) is 6.42 Å². The van der Waals surface area contributed by atoms with Gasteiger partial charge in [-0.2, -0.15) is 5.10 Å². The molecule has 0 radical (unpaired) electrons. The van der Waals surface area contributed by atoms with Crippen molar-refractivity contribution in [3.8, 4) is 5.69 Å². The van der Waals surface area contributed by atoms with Gasteiger partial charge in [0.25, 0.3) is 0 Å². The molecule has 0 atom stereocenters. The third-order valence-electron chi connectivity index (χ3n) is 2.00. The second-order valence-electron chi connectivity index (χ2n) is 3.04. The van der Waals surface area contributed by atoms with E-state index in [0.29, 0.717) is 0 Å². The SMILES string of the molecule is O=C(O)Cc1ccccc1-n1cncn1. The number of carboxylic acids is 1. The Hall–Kier alpha value is -2.17. The topological polar surface area (TPSA) is 68.0 Å². The largest absolute Gasteiger partial charge is 0.481 e. The van der Waals surface area contributed by atoms with Gasteiger partial charge >= 0.3 is 5.97 Å². The third-order valence-corrected chi connectivity index (χ3v) is 2.00. The van der Waals surface area contributed by atoms with Crippen molar-refractivity contribution in [3.63, 3.8) is 0 Å². The predicted octanol–water partition coefficient (Wildman–Crippen LogP) is 0.894. The van der Waals surface area contributed by atoms with E-state index in [1.165, 1.54) is 6.33 Å². The fourth-order valence-corrected chi connectivity index (χ4v) is 1.38. The fraction of sp³-hybridized carbons (Fsp3) is 0.100. The van der Waals surface area contributed by atoms with E-state index in [9.17, 15) is 4.79 Å². The number of rotatable bonds is 3. The van der Waals surface area contributed by atoms with Crippen molar-refractivity contribution in [2.45, 2.75) is 6.42 Å². The Morgan fingerprint density at radius 1 is 1.40 bits per heavy atom. The molecule has 5 nitrogen and oxygen atoms in total. The van der Waals surface area contributed by atoms with Crippen molar-refractivity contribution in [1.29, 1.82) is 0 Å². The molecule has 0 unspecified atom stereocenters. The minimum Gasteiger partial charge on any atom is -0.481 e. The number of carbonyl (C=O) groups is 1. The van der Waals surface area contributed by atoms with Gasteiger partial charge in [-0.3, -0.25) is 4.79 Å². The molecule has 0 bridgehead atoms. The second kappa shape index (κ2) is 3.91. The summed E-state index contributed by atoms with van der Waals surface area (Å²) in [6.07, 6.45) is 2.94. The maximum absolute atomic E-state index is 10.6. The number of carboxylic acid groups (broad SMARTS) is 1. The van der Waals surface area contributed by atoms with Gasteiger partial charge in [-0.25, -0.2) is 9.67 Å². The van der Waals surface area contributed by atoms with E-state index < -0.39 is 5.97 Å². The van der Waals surface area contributed by atoms with Gasteiger partial charge in [-0.1, -0.05) is 18.2 Å². The zero-order chi connectivity index (χ0) is 10.7. The smallest absolute Gasteiger partial charge is 0.307 e. The molecule has 15 heavy (non-hydrogen) atoms. The highest BCUT2D eigenvalue weighted by molar-refractivity contribution is 5.71. The van der Waals surface area contributed by atoms with Crippen molar-refractivity contribution in [1.82, 2.24) is 14.8 Å². The average Bonchev–Trinajstić information content (AvgIpc) is 2.70. The normalized spacial score (nSPS) is 10.1. The number of nitrogens with zero attached hydrogens (tertiary/aromatic N) is 3. The van der Waals surface area contributed by atoms with E-state index in [1.54, 1.807) is 23.1 Å². The Balaban J connectivity index is 2.42. The summed E-state index contributed by atoms with van der Waals surface area (Å²) in [6.45, 7) is 0. The predicted molar refractivity (Wildman–Crippen MR) is 52.7 cm³/mol. The van der Waals surface area contributed by atoms with E-state index in [2.05, 4.69) is 10.1 Å². The van der Waals surface area contributed by atoms with Crippen molar-refractivity contribution >= 4 is 5.97 Å². The number of para-hydroxylation sites is 1. The molecule has 1 heterocycles. The number of hydrogen-bond acceptors (Lipinski definition) is 3. The zero-order valence-corrected chi connectivity index (χ0v) is 7.87. The summed E-state index contributed by atoms with van der Waals surface area (Å²) in [7, 11) is 0. The van der Waals surface area contributed by atoms with Crippen LogP contribution in [0.15, 0.2) is 36.9 Å². The standard InChI is InChI=1S/C10H9N3O2/c14-10(15)5-8-3-1-2-4-9(8)13-7-11-6-12-13/h1-4,6-7H,5H2,(H,14,15). The van der Waals surface area contributed by atoms with E-state index in [0.717, 1.165) is 11.3 Å². The van der Waals surface area contributed by atoms with Gasteiger partial charge in [0.1, 0.15) is 12.7 Å². The van der Waals surface area contributed by atoms with E-state index in [1.807, 2.05) is 12.1 Å². The number of aromatic nitrogens is 3. The molecule has 0 aliphatic rings. The molecule has 2 aromatic rings. The van der Waals surface area contributed by atoms with Crippen LogP contribution < -0.4 is 0 Å². The number of benzene rings is 1. The summed E-state index contributed by atoms with van der Waals surface area (Å²) < 4.78 is 1.55. The Labute approximate surface area is 86.0 Å². The summed E-state index contributed by atoms with van der Waals surface area (Å²) in [5, 5.41) is 12.7.